The molecule has 0 aliphatic heterocycles. The second-order valence-corrected chi connectivity index (χ2v) is 3.95. The van der Waals surface area contributed by atoms with Crippen LogP contribution in [0.5, 0.6) is 0 Å². The van der Waals surface area contributed by atoms with Crippen LogP contribution >= 0.6 is 0 Å². The van der Waals surface area contributed by atoms with Gasteiger partial charge in [0.05, 0.1) is 6.10 Å². The number of Topliss-reactive ketones (excluding diaryl/α,β-unsaturated/α-hetero) is 1. The first kappa shape index (κ1) is 12.2. The van der Waals surface area contributed by atoms with E-state index in [1.807, 2.05) is 6.08 Å². The van der Waals surface area contributed by atoms with Gasteiger partial charge in [-0.1, -0.05) is 25.2 Å². The molecule has 0 unspecified atom stereocenters. The third-order valence-electron chi connectivity index (χ3n) is 2.66. The van der Waals surface area contributed by atoms with Gasteiger partial charge >= 0.3 is 0 Å². The van der Waals surface area contributed by atoms with Crippen molar-refractivity contribution in [2.24, 2.45) is 0 Å². The van der Waals surface area contributed by atoms with Gasteiger partial charge in [0.25, 0.3) is 0 Å². The summed E-state index contributed by atoms with van der Waals surface area (Å²) in [5.41, 5.74) is 0.645. The maximum Gasteiger partial charge on any atom is 0.161 e. The molecular weight excluding hydrogens is 188 g/mol. The summed E-state index contributed by atoms with van der Waals surface area (Å²) in [6.45, 7) is 2.08. The first-order chi connectivity index (χ1) is 7.25. The lowest BCUT2D eigenvalue weighted by molar-refractivity contribution is -0.117. The van der Waals surface area contributed by atoms with E-state index in [1.165, 1.54) is 0 Å². The van der Waals surface area contributed by atoms with Crippen LogP contribution in [-0.2, 0) is 4.79 Å². The van der Waals surface area contributed by atoms with Crippen LogP contribution in [0.4, 0.5) is 0 Å². The average molecular weight is 208 g/mol. The van der Waals surface area contributed by atoms with Crippen LogP contribution < -0.4 is 0 Å². The zero-order valence-electron chi connectivity index (χ0n) is 9.41. The quantitative estimate of drug-likeness (QED) is 0.705. The molecule has 0 bridgehead atoms. The van der Waals surface area contributed by atoms with Gasteiger partial charge in [0.2, 0.25) is 0 Å². The number of carbonyl (C=O) groups is 1. The first-order valence-electron chi connectivity index (χ1n) is 5.82. The fraction of sp³-hybridized carbons (Fsp3) is 0.615. The predicted octanol–water partition coefficient (Wildman–Crippen LogP) is 2.77. The number of hydrogen-bond donors (Lipinski definition) is 1. The van der Waals surface area contributed by atoms with Crippen molar-refractivity contribution < 1.29 is 9.90 Å². The maximum atomic E-state index is 11.5. The van der Waals surface area contributed by atoms with Crippen LogP contribution in [0.2, 0.25) is 0 Å². The van der Waals surface area contributed by atoms with Gasteiger partial charge in [-0.05, 0) is 32.1 Å². The Morgan fingerprint density at radius 2 is 2.33 bits per heavy atom. The maximum absolute atomic E-state index is 11.5. The van der Waals surface area contributed by atoms with Crippen LogP contribution in [0.1, 0.15) is 45.4 Å². The molecule has 0 saturated heterocycles. The minimum absolute atomic E-state index is 0.133. The summed E-state index contributed by atoms with van der Waals surface area (Å²) in [5.74, 6) is 0.133. The van der Waals surface area contributed by atoms with E-state index in [-0.39, 0.29) is 5.78 Å². The van der Waals surface area contributed by atoms with Crippen LogP contribution in [0.25, 0.3) is 0 Å². The van der Waals surface area contributed by atoms with Crippen molar-refractivity contribution in [2.45, 2.75) is 51.6 Å². The highest BCUT2D eigenvalue weighted by Crippen LogP contribution is 2.19. The van der Waals surface area contributed by atoms with E-state index < -0.39 is 6.10 Å². The highest BCUT2D eigenvalue weighted by atomic mass is 16.3. The minimum Gasteiger partial charge on any atom is -0.388 e. The summed E-state index contributed by atoms with van der Waals surface area (Å²) in [6.07, 6.45) is 10.5. The van der Waals surface area contributed by atoms with E-state index in [0.717, 1.165) is 25.7 Å². The van der Waals surface area contributed by atoms with Crippen LogP contribution in [0.3, 0.4) is 0 Å². The van der Waals surface area contributed by atoms with Gasteiger partial charge in [0.1, 0.15) is 0 Å². The molecule has 2 nitrogen and oxygen atoms in total. The Morgan fingerprint density at radius 3 is 3.00 bits per heavy atom. The second-order valence-electron chi connectivity index (χ2n) is 3.95. The molecule has 15 heavy (non-hydrogen) atoms. The number of ketones is 1. The molecule has 0 aromatic rings. The Bertz CT molecular complexity index is 264. The Morgan fingerprint density at radius 1 is 1.53 bits per heavy atom. The fourth-order valence-electron chi connectivity index (χ4n) is 1.79. The summed E-state index contributed by atoms with van der Waals surface area (Å²) in [7, 11) is 0. The molecule has 2 heteroatoms. The molecule has 1 aliphatic rings. The second kappa shape index (κ2) is 6.57. The molecular formula is C13H20O2. The molecule has 0 aromatic heterocycles. The van der Waals surface area contributed by atoms with Gasteiger partial charge in [-0.15, -0.1) is 0 Å². The van der Waals surface area contributed by atoms with Crippen molar-refractivity contribution in [2.75, 3.05) is 0 Å². The lowest BCUT2D eigenvalue weighted by Crippen LogP contribution is -2.20. The predicted molar refractivity (Wildman–Crippen MR) is 61.6 cm³/mol. The molecule has 0 aromatic carbocycles. The Hall–Kier alpha value is -0.890. The van der Waals surface area contributed by atoms with Gasteiger partial charge in [-0.2, -0.15) is 0 Å². The summed E-state index contributed by atoms with van der Waals surface area (Å²) in [5, 5.41) is 9.82. The monoisotopic (exact) mass is 208 g/mol. The van der Waals surface area contributed by atoms with Crippen molar-refractivity contribution >= 4 is 5.78 Å². The first-order valence-corrected chi connectivity index (χ1v) is 5.82. The SMILES string of the molecule is CC/C=C/CC[C@H](O)C1=CCCCC1=O. The van der Waals surface area contributed by atoms with E-state index in [0.29, 0.717) is 18.4 Å². The summed E-state index contributed by atoms with van der Waals surface area (Å²) in [6, 6.07) is 0. The summed E-state index contributed by atoms with van der Waals surface area (Å²) >= 11 is 0. The Balaban J connectivity index is 2.38. The highest BCUT2D eigenvalue weighted by Gasteiger charge is 2.19. The number of carbonyl (C=O) groups excluding carboxylic acids is 1. The van der Waals surface area contributed by atoms with E-state index in [4.69, 9.17) is 0 Å². The van der Waals surface area contributed by atoms with Crippen molar-refractivity contribution in [1.82, 2.24) is 0 Å². The summed E-state index contributed by atoms with van der Waals surface area (Å²) < 4.78 is 0. The van der Waals surface area contributed by atoms with Crippen molar-refractivity contribution in [3.05, 3.63) is 23.8 Å². The Kier molecular flexibility index (Phi) is 5.33. The lowest BCUT2D eigenvalue weighted by Gasteiger charge is -2.16. The van der Waals surface area contributed by atoms with E-state index in [1.54, 1.807) is 0 Å². The van der Waals surface area contributed by atoms with E-state index in [9.17, 15) is 9.90 Å². The molecule has 0 saturated carbocycles. The molecule has 0 amide bonds. The van der Waals surface area contributed by atoms with Gasteiger partial charge < -0.3 is 5.11 Å². The van der Waals surface area contributed by atoms with Crippen LogP contribution in [0, 0.1) is 0 Å². The molecule has 1 N–H and O–H groups in total. The molecule has 1 atom stereocenters. The number of rotatable bonds is 5. The van der Waals surface area contributed by atoms with Gasteiger partial charge in [-0.3, -0.25) is 4.79 Å². The molecule has 0 fully saturated rings. The molecule has 1 aliphatic carbocycles. The third-order valence-corrected chi connectivity index (χ3v) is 2.66. The van der Waals surface area contributed by atoms with Crippen molar-refractivity contribution in [3.8, 4) is 0 Å². The van der Waals surface area contributed by atoms with Crippen LogP contribution in [-0.4, -0.2) is 17.0 Å². The smallest absolute Gasteiger partial charge is 0.161 e. The van der Waals surface area contributed by atoms with Crippen molar-refractivity contribution in [1.29, 1.82) is 0 Å². The normalized spacial score (nSPS) is 19.3. The Labute approximate surface area is 91.7 Å². The zero-order valence-corrected chi connectivity index (χ0v) is 9.41. The van der Waals surface area contributed by atoms with Gasteiger partial charge in [0.15, 0.2) is 5.78 Å². The number of aliphatic hydroxyl groups is 1. The van der Waals surface area contributed by atoms with Crippen molar-refractivity contribution in [3.63, 3.8) is 0 Å². The van der Waals surface area contributed by atoms with Gasteiger partial charge in [0, 0.05) is 12.0 Å². The molecule has 0 spiro atoms. The van der Waals surface area contributed by atoms with Gasteiger partial charge in [-0.25, -0.2) is 0 Å². The molecule has 0 heterocycles. The lowest BCUT2D eigenvalue weighted by atomic mass is 9.92. The number of aliphatic hydroxyl groups excluding tert-OH is 1. The molecule has 84 valence electrons. The minimum atomic E-state index is -0.556. The van der Waals surface area contributed by atoms with E-state index in [2.05, 4.69) is 19.1 Å². The van der Waals surface area contributed by atoms with E-state index >= 15 is 0 Å². The topological polar surface area (TPSA) is 37.3 Å². The summed E-state index contributed by atoms with van der Waals surface area (Å²) in [4.78, 5) is 11.5. The zero-order chi connectivity index (χ0) is 11.1. The molecule has 0 radical (unpaired) electrons. The fourth-order valence-corrected chi connectivity index (χ4v) is 1.79. The standard InChI is InChI=1S/C13H20O2/c1-2-3-4-5-9-12(14)11-8-6-7-10-13(11)15/h3-4,8,12,14H,2,5-7,9-10H2,1H3/b4-3+/t12-/m0/s1. The van der Waals surface area contributed by atoms with Crippen LogP contribution in [0.15, 0.2) is 23.8 Å². The largest absolute Gasteiger partial charge is 0.388 e. The average Bonchev–Trinajstić information content (AvgIpc) is 2.25. The highest BCUT2D eigenvalue weighted by molar-refractivity contribution is 5.96. The number of allylic oxidation sites excluding steroid dienone is 3. The third kappa shape index (κ3) is 4.00. The molecule has 1 rings (SSSR count). The number of hydrogen-bond acceptors (Lipinski definition) is 2.